The lowest BCUT2D eigenvalue weighted by Crippen LogP contribution is -2.53. The van der Waals surface area contributed by atoms with Gasteiger partial charge in [0.15, 0.2) is 0 Å². The van der Waals surface area contributed by atoms with Gasteiger partial charge in [-0.05, 0) is 68.5 Å². The minimum atomic E-state index is -3.94. The quantitative estimate of drug-likeness (QED) is 0.196. The van der Waals surface area contributed by atoms with Crippen LogP contribution in [0.25, 0.3) is 0 Å². The average molecular weight is 726 g/mol. The molecule has 5 rings (SSSR count). The largest absolute Gasteiger partial charge is 0.390 e. The SMILES string of the molecule is C[C@H](NC[C@@H](O)[C@H](Cc1ccccc1)NC(=O)c1cc(N(c2ccccc2)S(C)(=O)=O)cc(N2CCCS2(=O)=O)c1)C(=O)NC1CCCCC1. The molecule has 270 valence electrons. The molecular weight excluding hydrogens is 679 g/mol. The van der Waals surface area contributed by atoms with E-state index in [-0.39, 0.29) is 54.2 Å². The van der Waals surface area contributed by atoms with Crippen LogP contribution in [0.3, 0.4) is 0 Å². The number of para-hydroxylation sites is 1. The number of sulfonamides is 2. The maximum absolute atomic E-state index is 14.1. The van der Waals surface area contributed by atoms with E-state index in [4.69, 9.17) is 0 Å². The van der Waals surface area contributed by atoms with E-state index in [0.717, 1.165) is 41.8 Å². The van der Waals surface area contributed by atoms with Crippen molar-refractivity contribution in [1.29, 1.82) is 0 Å². The fourth-order valence-electron chi connectivity index (χ4n) is 6.52. The average Bonchev–Trinajstić information content (AvgIpc) is 3.46. The summed E-state index contributed by atoms with van der Waals surface area (Å²) in [5.74, 6) is -0.847. The second-order valence-electron chi connectivity index (χ2n) is 13.2. The molecule has 1 aliphatic carbocycles. The van der Waals surface area contributed by atoms with Crippen LogP contribution in [0.1, 0.15) is 61.4 Å². The van der Waals surface area contributed by atoms with Crippen molar-refractivity contribution < 1.29 is 31.5 Å². The highest BCUT2D eigenvalue weighted by atomic mass is 32.2. The van der Waals surface area contributed by atoms with E-state index in [9.17, 15) is 31.5 Å². The number of rotatable bonds is 14. The van der Waals surface area contributed by atoms with Crippen LogP contribution in [0.15, 0.2) is 78.9 Å². The Hall–Kier alpha value is -3.98. The molecule has 50 heavy (non-hydrogen) atoms. The molecule has 1 aliphatic heterocycles. The number of hydrogen-bond acceptors (Lipinski definition) is 8. The Kier molecular flexibility index (Phi) is 12.2. The Morgan fingerprint density at radius 3 is 2.22 bits per heavy atom. The summed E-state index contributed by atoms with van der Waals surface area (Å²) in [6, 6.07) is 20.7. The third-order valence-corrected chi connectivity index (χ3v) is 12.1. The number of nitrogens with zero attached hydrogens (tertiary/aromatic N) is 2. The minimum Gasteiger partial charge on any atom is -0.390 e. The molecule has 1 saturated carbocycles. The molecule has 0 bridgehead atoms. The van der Waals surface area contributed by atoms with E-state index in [0.29, 0.717) is 12.1 Å². The first-order valence-electron chi connectivity index (χ1n) is 17.1. The topological polar surface area (TPSA) is 165 Å². The zero-order valence-electron chi connectivity index (χ0n) is 28.5. The number of nitrogens with one attached hydrogen (secondary N) is 3. The third kappa shape index (κ3) is 9.62. The number of carbonyl (C=O) groups excluding carboxylic acids is 2. The summed E-state index contributed by atoms with van der Waals surface area (Å²) in [5, 5.41) is 20.5. The maximum Gasteiger partial charge on any atom is 0.251 e. The minimum absolute atomic E-state index is 0.00417. The van der Waals surface area contributed by atoms with Gasteiger partial charge >= 0.3 is 0 Å². The highest BCUT2D eigenvalue weighted by molar-refractivity contribution is 7.93. The molecule has 0 unspecified atom stereocenters. The number of aliphatic hydroxyl groups excluding tert-OH is 1. The van der Waals surface area contributed by atoms with Crippen LogP contribution in [-0.2, 0) is 31.3 Å². The normalized spacial score (nSPS) is 18.2. The van der Waals surface area contributed by atoms with E-state index >= 15 is 0 Å². The van der Waals surface area contributed by atoms with Crippen molar-refractivity contribution in [3.05, 3.63) is 90.0 Å². The van der Waals surface area contributed by atoms with Gasteiger partial charge in [-0.25, -0.2) is 21.1 Å². The van der Waals surface area contributed by atoms with E-state index in [1.54, 1.807) is 37.3 Å². The molecule has 3 aromatic carbocycles. The molecule has 12 nitrogen and oxygen atoms in total. The van der Waals surface area contributed by atoms with Crippen LogP contribution < -0.4 is 24.6 Å². The van der Waals surface area contributed by atoms with Gasteiger partial charge in [0.1, 0.15) is 0 Å². The van der Waals surface area contributed by atoms with Crippen molar-refractivity contribution in [2.75, 3.05) is 33.7 Å². The standard InChI is InChI=1S/C36H47N5O7S2/c1-26(35(43)38-29-15-8-4-9-16-29)37-25-34(42)33(21-27-13-6-3-7-14-27)39-36(44)28-22-31(40-19-12-20-50(40,47)48)24-32(23-28)41(49(2,45)46)30-17-10-5-11-18-30/h3,5-7,10-11,13-14,17-18,22-24,26,29,33-34,37,42H,4,8-9,12,15-16,19-21,25H2,1-2H3,(H,38,43)(H,39,44)/t26-,33-,34+/m0/s1. The number of benzene rings is 3. The molecule has 2 amide bonds. The summed E-state index contributed by atoms with van der Waals surface area (Å²) in [7, 11) is -7.62. The summed E-state index contributed by atoms with van der Waals surface area (Å²) in [6.07, 6.45) is 5.80. The molecule has 4 N–H and O–H groups in total. The molecule has 2 aliphatic rings. The summed E-state index contributed by atoms with van der Waals surface area (Å²) in [6.45, 7) is 1.92. The first-order valence-corrected chi connectivity index (χ1v) is 20.5. The Bertz CT molecular complexity index is 1840. The number of amides is 2. The maximum atomic E-state index is 14.1. The summed E-state index contributed by atoms with van der Waals surface area (Å²) >= 11 is 0. The van der Waals surface area contributed by atoms with Crippen molar-refractivity contribution in [3.8, 4) is 0 Å². The van der Waals surface area contributed by atoms with Crippen molar-refractivity contribution in [1.82, 2.24) is 16.0 Å². The van der Waals surface area contributed by atoms with Gasteiger partial charge in [0.05, 0.1) is 47.3 Å². The predicted molar refractivity (Wildman–Crippen MR) is 196 cm³/mol. The van der Waals surface area contributed by atoms with Crippen LogP contribution in [0, 0.1) is 0 Å². The molecule has 3 aromatic rings. The molecule has 2 fully saturated rings. The lowest BCUT2D eigenvalue weighted by Gasteiger charge is -2.28. The molecule has 0 aromatic heterocycles. The van der Waals surface area contributed by atoms with Gasteiger partial charge in [-0.1, -0.05) is 67.8 Å². The van der Waals surface area contributed by atoms with E-state index in [1.165, 1.54) is 28.9 Å². The fraction of sp³-hybridized carbons (Fsp3) is 0.444. The van der Waals surface area contributed by atoms with Crippen molar-refractivity contribution in [2.45, 2.75) is 76.1 Å². The van der Waals surface area contributed by atoms with Crippen LogP contribution in [0.2, 0.25) is 0 Å². The molecule has 0 spiro atoms. The molecule has 3 atom stereocenters. The van der Waals surface area contributed by atoms with E-state index in [2.05, 4.69) is 16.0 Å². The van der Waals surface area contributed by atoms with Crippen LogP contribution in [0.4, 0.5) is 17.1 Å². The van der Waals surface area contributed by atoms with Gasteiger partial charge in [-0.3, -0.25) is 13.9 Å². The van der Waals surface area contributed by atoms with Crippen LogP contribution >= 0.6 is 0 Å². The molecular formula is C36H47N5O7S2. The summed E-state index contributed by atoms with van der Waals surface area (Å²) < 4.78 is 54.5. The smallest absolute Gasteiger partial charge is 0.251 e. The van der Waals surface area contributed by atoms with Gasteiger partial charge in [0.25, 0.3) is 5.91 Å². The summed E-state index contributed by atoms with van der Waals surface area (Å²) in [4.78, 5) is 26.9. The van der Waals surface area contributed by atoms with Crippen molar-refractivity contribution in [2.24, 2.45) is 0 Å². The Morgan fingerprint density at radius 2 is 1.60 bits per heavy atom. The molecule has 1 heterocycles. The Morgan fingerprint density at radius 1 is 0.940 bits per heavy atom. The van der Waals surface area contributed by atoms with Gasteiger partial charge < -0.3 is 21.1 Å². The Balaban J connectivity index is 1.42. The third-order valence-electron chi connectivity index (χ3n) is 9.17. The molecule has 0 radical (unpaired) electrons. The van der Waals surface area contributed by atoms with Crippen molar-refractivity contribution in [3.63, 3.8) is 0 Å². The lowest BCUT2D eigenvalue weighted by molar-refractivity contribution is -0.123. The highest BCUT2D eigenvalue weighted by Crippen LogP contribution is 2.35. The second-order valence-corrected chi connectivity index (χ2v) is 17.0. The second kappa shape index (κ2) is 16.4. The van der Waals surface area contributed by atoms with Gasteiger partial charge in [-0.2, -0.15) is 0 Å². The van der Waals surface area contributed by atoms with Gasteiger partial charge in [-0.15, -0.1) is 0 Å². The molecule has 1 saturated heterocycles. The lowest BCUT2D eigenvalue weighted by atomic mass is 9.95. The number of aliphatic hydroxyl groups is 1. The highest BCUT2D eigenvalue weighted by Gasteiger charge is 2.32. The monoisotopic (exact) mass is 725 g/mol. The molecule has 14 heteroatoms. The summed E-state index contributed by atoms with van der Waals surface area (Å²) in [5.41, 5.74) is 1.43. The van der Waals surface area contributed by atoms with Gasteiger partial charge in [0, 0.05) is 24.7 Å². The van der Waals surface area contributed by atoms with E-state index < -0.39 is 44.1 Å². The van der Waals surface area contributed by atoms with Crippen molar-refractivity contribution >= 4 is 48.9 Å². The number of anilines is 3. The number of hydrogen-bond donors (Lipinski definition) is 4. The first kappa shape index (κ1) is 37.3. The Labute approximate surface area is 295 Å². The van der Waals surface area contributed by atoms with E-state index in [1.807, 2.05) is 30.3 Å². The van der Waals surface area contributed by atoms with Crippen LogP contribution in [-0.4, -0.2) is 83.1 Å². The fourth-order valence-corrected chi connectivity index (χ4v) is 9.06. The van der Waals surface area contributed by atoms with Crippen LogP contribution in [0.5, 0.6) is 0 Å². The predicted octanol–water partition coefficient (Wildman–Crippen LogP) is 3.45. The number of carbonyl (C=O) groups is 2. The first-order chi connectivity index (χ1) is 23.8. The zero-order valence-corrected chi connectivity index (χ0v) is 30.1. The zero-order chi connectivity index (χ0) is 35.9. The van der Waals surface area contributed by atoms with Gasteiger partial charge in [0.2, 0.25) is 26.0 Å².